The van der Waals surface area contributed by atoms with Crippen molar-refractivity contribution >= 4 is 51.8 Å². The molecule has 0 aliphatic carbocycles. The lowest BCUT2D eigenvalue weighted by molar-refractivity contribution is -0.275. The minimum Gasteiger partial charge on any atom is -0.393 e. The van der Waals surface area contributed by atoms with Gasteiger partial charge in [0.1, 0.15) is 6.10 Å². The molecule has 0 saturated heterocycles. The molecule has 0 spiro atoms. The number of hydrogen-bond donors (Lipinski definition) is 1. The van der Waals surface area contributed by atoms with Crippen LogP contribution in [0, 0.1) is 0 Å². The molecule has 3 aromatic carbocycles. The predicted molar refractivity (Wildman–Crippen MR) is 137 cm³/mol. The van der Waals surface area contributed by atoms with Crippen molar-refractivity contribution in [1.82, 2.24) is 5.32 Å². The van der Waals surface area contributed by atoms with E-state index in [1.807, 2.05) is 13.8 Å². The van der Waals surface area contributed by atoms with Crippen molar-refractivity contribution in [2.45, 2.75) is 38.1 Å². The van der Waals surface area contributed by atoms with Gasteiger partial charge in [0.15, 0.2) is 0 Å². The second-order valence-corrected chi connectivity index (χ2v) is 9.52. The van der Waals surface area contributed by atoms with Crippen molar-refractivity contribution < 1.29 is 27.6 Å². The highest BCUT2D eigenvalue weighted by molar-refractivity contribution is 6.34. The molecule has 6 nitrogen and oxygen atoms in total. The number of benzene rings is 3. The molecule has 11 heteroatoms. The van der Waals surface area contributed by atoms with Crippen LogP contribution >= 0.6 is 23.2 Å². The molecule has 1 aliphatic heterocycles. The molecule has 0 fully saturated rings. The van der Waals surface area contributed by atoms with E-state index in [2.05, 4.69) is 15.6 Å². The molecular formula is C26H22Cl2F3N3O3. The average molecular weight is 552 g/mol. The van der Waals surface area contributed by atoms with E-state index < -0.39 is 18.2 Å². The van der Waals surface area contributed by atoms with Crippen LogP contribution in [0.1, 0.15) is 41.8 Å². The number of alkyl halides is 3. The second-order valence-electron chi connectivity index (χ2n) is 8.65. The molecule has 37 heavy (non-hydrogen) atoms. The van der Waals surface area contributed by atoms with Crippen molar-refractivity contribution in [3.63, 3.8) is 0 Å². The van der Waals surface area contributed by atoms with Crippen molar-refractivity contribution in [2.75, 3.05) is 6.54 Å². The van der Waals surface area contributed by atoms with Crippen molar-refractivity contribution in [1.29, 1.82) is 0 Å². The number of nitrogens with one attached hydrogen (secondary N) is 1. The van der Waals surface area contributed by atoms with Crippen LogP contribution in [0.25, 0.3) is 10.8 Å². The summed E-state index contributed by atoms with van der Waals surface area (Å²) in [6.45, 7) is 3.79. The van der Waals surface area contributed by atoms with Crippen LogP contribution in [0.3, 0.4) is 0 Å². The smallest absolute Gasteiger partial charge is 0.393 e. The summed E-state index contributed by atoms with van der Waals surface area (Å²) in [7, 11) is 0. The Balaban J connectivity index is 1.66. The maximum absolute atomic E-state index is 14.4. The summed E-state index contributed by atoms with van der Waals surface area (Å²) in [5.74, 6) is -0.374. The molecule has 1 amide bonds. The van der Waals surface area contributed by atoms with E-state index in [4.69, 9.17) is 32.9 Å². The van der Waals surface area contributed by atoms with Gasteiger partial charge in [-0.2, -0.15) is 13.2 Å². The Morgan fingerprint density at radius 3 is 2.49 bits per heavy atom. The molecule has 0 saturated carbocycles. The predicted octanol–water partition coefficient (Wildman–Crippen LogP) is 6.87. The van der Waals surface area contributed by atoms with Crippen LogP contribution in [0.15, 0.2) is 64.9 Å². The van der Waals surface area contributed by atoms with E-state index in [9.17, 15) is 18.0 Å². The van der Waals surface area contributed by atoms with Crippen LogP contribution in [0.5, 0.6) is 0 Å². The standard InChI is InChI=1S/C26H22Cl2F3N3O3/c1-15(2)36-33-10-9-32-24(35)22-8-7-21(19-5-3-4-6-20(19)22)23-14-25(37-34-23,26(29,30)31)16-11-17(27)13-18(28)12-16/h3-8,10-13,15H,9,14H2,1-2H3,(H,32,35). The van der Waals surface area contributed by atoms with E-state index in [-0.39, 0.29) is 39.9 Å². The van der Waals surface area contributed by atoms with Gasteiger partial charge < -0.3 is 15.0 Å². The summed E-state index contributed by atoms with van der Waals surface area (Å²) >= 11 is 12.0. The Hall–Kier alpha value is -3.30. The fourth-order valence-electron chi connectivity index (χ4n) is 4.02. The Labute approximate surface area is 221 Å². The van der Waals surface area contributed by atoms with E-state index >= 15 is 0 Å². The first-order valence-electron chi connectivity index (χ1n) is 11.3. The lowest BCUT2D eigenvalue weighted by Gasteiger charge is -2.29. The largest absolute Gasteiger partial charge is 0.435 e. The molecule has 0 bridgehead atoms. The number of carbonyl (C=O) groups excluding carboxylic acids is 1. The van der Waals surface area contributed by atoms with Crippen LogP contribution in [-0.4, -0.2) is 36.7 Å². The number of oxime groups is 2. The van der Waals surface area contributed by atoms with Crippen molar-refractivity contribution in [3.05, 3.63) is 81.3 Å². The third kappa shape index (κ3) is 5.52. The lowest BCUT2D eigenvalue weighted by atomic mass is 9.85. The molecule has 0 aromatic heterocycles. The molecule has 1 N–H and O–H groups in total. The molecule has 3 aromatic rings. The van der Waals surface area contributed by atoms with Gasteiger partial charge in [-0.05, 0) is 48.9 Å². The van der Waals surface area contributed by atoms with E-state index in [0.29, 0.717) is 21.9 Å². The maximum atomic E-state index is 14.4. The van der Waals surface area contributed by atoms with Gasteiger partial charge in [-0.3, -0.25) is 4.79 Å². The first kappa shape index (κ1) is 26.8. The zero-order chi connectivity index (χ0) is 26.8. The third-order valence-corrected chi connectivity index (χ3v) is 6.13. The molecule has 1 atom stereocenters. The number of hydrogen-bond acceptors (Lipinski definition) is 5. The normalized spacial score (nSPS) is 17.8. The topological polar surface area (TPSA) is 72.3 Å². The minimum atomic E-state index is -4.82. The maximum Gasteiger partial charge on any atom is 0.435 e. The highest BCUT2D eigenvalue weighted by atomic mass is 35.5. The quantitative estimate of drug-likeness (QED) is 0.257. The highest BCUT2D eigenvalue weighted by Crippen LogP contribution is 2.50. The Kier molecular flexibility index (Phi) is 7.66. The van der Waals surface area contributed by atoms with Gasteiger partial charge in [0.2, 0.25) is 0 Å². The molecule has 1 heterocycles. The molecule has 194 valence electrons. The number of fused-ring (bicyclic) bond motifs is 1. The Bertz CT molecular complexity index is 1370. The molecule has 4 rings (SSSR count). The zero-order valence-corrected chi connectivity index (χ0v) is 21.3. The van der Waals surface area contributed by atoms with Crippen molar-refractivity contribution in [2.24, 2.45) is 10.3 Å². The number of halogens is 5. The van der Waals surface area contributed by atoms with E-state index in [1.165, 1.54) is 24.4 Å². The van der Waals surface area contributed by atoms with Crippen LogP contribution < -0.4 is 5.32 Å². The number of nitrogens with zero attached hydrogens (tertiary/aromatic N) is 2. The average Bonchev–Trinajstić information content (AvgIpc) is 3.29. The molecule has 1 aliphatic rings. The summed E-state index contributed by atoms with van der Waals surface area (Å²) in [6.07, 6.45) is -4.08. The van der Waals surface area contributed by atoms with Crippen LogP contribution in [-0.2, 0) is 15.3 Å². The number of rotatable bonds is 7. The van der Waals surface area contributed by atoms with Crippen molar-refractivity contribution in [3.8, 4) is 0 Å². The van der Waals surface area contributed by atoms with Gasteiger partial charge in [0.05, 0.1) is 18.5 Å². The summed E-state index contributed by atoms with van der Waals surface area (Å²) in [6, 6.07) is 13.7. The van der Waals surface area contributed by atoms with Gasteiger partial charge in [0, 0.05) is 33.2 Å². The summed E-state index contributed by atoms with van der Waals surface area (Å²) in [5.41, 5.74) is -2.17. The summed E-state index contributed by atoms with van der Waals surface area (Å²) in [4.78, 5) is 23.0. The van der Waals surface area contributed by atoms with Crippen LogP contribution in [0.2, 0.25) is 10.0 Å². The van der Waals surface area contributed by atoms with Gasteiger partial charge in [-0.15, -0.1) is 0 Å². The van der Waals surface area contributed by atoms with Gasteiger partial charge in [-0.1, -0.05) is 63.8 Å². The Morgan fingerprint density at radius 2 is 1.84 bits per heavy atom. The Morgan fingerprint density at radius 1 is 1.16 bits per heavy atom. The van der Waals surface area contributed by atoms with Gasteiger partial charge >= 0.3 is 6.18 Å². The highest BCUT2D eigenvalue weighted by Gasteiger charge is 2.62. The van der Waals surface area contributed by atoms with Gasteiger partial charge in [0.25, 0.3) is 11.5 Å². The number of carbonyl (C=O) groups is 1. The van der Waals surface area contributed by atoms with Crippen LogP contribution in [0.4, 0.5) is 13.2 Å². The first-order chi connectivity index (χ1) is 17.5. The molecule has 1 unspecified atom stereocenters. The molecular weight excluding hydrogens is 530 g/mol. The monoisotopic (exact) mass is 551 g/mol. The van der Waals surface area contributed by atoms with E-state index in [0.717, 1.165) is 0 Å². The summed E-state index contributed by atoms with van der Waals surface area (Å²) < 4.78 is 43.2. The fraction of sp³-hybridized carbons (Fsp3) is 0.269. The minimum absolute atomic E-state index is 0.0461. The third-order valence-electron chi connectivity index (χ3n) is 5.69. The molecule has 0 radical (unpaired) electrons. The fourth-order valence-corrected chi connectivity index (χ4v) is 4.55. The first-order valence-corrected chi connectivity index (χ1v) is 12.0. The lowest BCUT2D eigenvalue weighted by Crippen LogP contribution is -2.42. The van der Waals surface area contributed by atoms with Gasteiger partial charge in [-0.25, -0.2) is 0 Å². The van der Waals surface area contributed by atoms with E-state index in [1.54, 1.807) is 36.4 Å². The second kappa shape index (κ2) is 10.6. The number of amides is 1. The summed E-state index contributed by atoms with van der Waals surface area (Å²) in [5, 5.41) is 11.5. The zero-order valence-electron chi connectivity index (χ0n) is 19.8. The SMILES string of the molecule is CC(C)ON=CCNC(=O)c1ccc(C2=NOC(c3cc(Cl)cc(Cl)c3)(C(F)(F)F)C2)c2ccccc12.